The van der Waals surface area contributed by atoms with Gasteiger partial charge in [-0.05, 0) is 63.3 Å². The summed E-state index contributed by atoms with van der Waals surface area (Å²) in [6.45, 7) is 2.06. The maximum absolute atomic E-state index is 5.19. The molecule has 2 rings (SSSR count). The maximum atomic E-state index is 5.19. The average Bonchev–Trinajstić information content (AvgIpc) is 2.87. The van der Waals surface area contributed by atoms with E-state index in [1.807, 2.05) is 12.1 Å². The highest BCUT2D eigenvalue weighted by atomic mass is 16.5. The minimum Gasteiger partial charge on any atom is -0.497 e. The fourth-order valence-electron chi connectivity index (χ4n) is 2.33. The predicted molar refractivity (Wildman–Crippen MR) is 83.4 cm³/mol. The van der Waals surface area contributed by atoms with E-state index < -0.39 is 0 Å². The van der Waals surface area contributed by atoms with Crippen molar-refractivity contribution in [1.29, 1.82) is 0 Å². The molecule has 108 valence electrons. The van der Waals surface area contributed by atoms with E-state index in [-0.39, 0.29) is 0 Å². The molecule has 0 saturated heterocycles. The van der Waals surface area contributed by atoms with Crippen molar-refractivity contribution < 1.29 is 4.74 Å². The van der Waals surface area contributed by atoms with Crippen molar-refractivity contribution in [2.45, 2.75) is 19.4 Å². The SMILES string of the molecule is COc1ccc(Cn2cccc2CCCN(C)C)cc1. The molecule has 3 nitrogen and oxygen atoms in total. The highest BCUT2D eigenvalue weighted by Crippen LogP contribution is 2.14. The second kappa shape index (κ2) is 7.15. The summed E-state index contributed by atoms with van der Waals surface area (Å²) in [4.78, 5) is 2.23. The quantitative estimate of drug-likeness (QED) is 0.771. The first-order valence-electron chi connectivity index (χ1n) is 7.10. The Morgan fingerprint density at radius 3 is 2.50 bits per heavy atom. The summed E-state index contributed by atoms with van der Waals surface area (Å²) >= 11 is 0. The van der Waals surface area contributed by atoms with Gasteiger partial charge >= 0.3 is 0 Å². The molecule has 1 heterocycles. The van der Waals surface area contributed by atoms with Crippen LogP contribution in [0, 0.1) is 0 Å². The van der Waals surface area contributed by atoms with Crippen molar-refractivity contribution >= 4 is 0 Å². The molecule has 0 amide bonds. The topological polar surface area (TPSA) is 17.4 Å². The number of hydrogen-bond acceptors (Lipinski definition) is 2. The van der Waals surface area contributed by atoms with E-state index in [2.05, 4.69) is 54.0 Å². The van der Waals surface area contributed by atoms with Crippen LogP contribution >= 0.6 is 0 Å². The average molecular weight is 272 g/mol. The van der Waals surface area contributed by atoms with Gasteiger partial charge in [-0.2, -0.15) is 0 Å². The lowest BCUT2D eigenvalue weighted by Gasteiger charge is -2.12. The number of nitrogens with zero attached hydrogens (tertiary/aromatic N) is 2. The van der Waals surface area contributed by atoms with E-state index in [1.165, 1.54) is 17.7 Å². The van der Waals surface area contributed by atoms with Gasteiger partial charge in [0.15, 0.2) is 0 Å². The van der Waals surface area contributed by atoms with Gasteiger partial charge in [0.1, 0.15) is 5.75 Å². The van der Waals surface area contributed by atoms with E-state index in [0.717, 1.165) is 25.3 Å². The normalized spacial score (nSPS) is 11.0. The molecule has 0 aliphatic rings. The largest absolute Gasteiger partial charge is 0.497 e. The first-order valence-corrected chi connectivity index (χ1v) is 7.10. The van der Waals surface area contributed by atoms with Gasteiger partial charge in [-0.15, -0.1) is 0 Å². The van der Waals surface area contributed by atoms with Crippen LogP contribution in [0.3, 0.4) is 0 Å². The molecule has 0 atom stereocenters. The second-order valence-electron chi connectivity index (χ2n) is 5.38. The van der Waals surface area contributed by atoms with Crippen molar-refractivity contribution in [2.75, 3.05) is 27.7 Å². The number of aromatic nitrogens is 1. The summed E-state index contributed by atoms with van der Waals surface area (Å²) in [5.41, 5.74) is 2.71. The number of hydrogen-bond donors (Lipinski definition) is 0. The van der Waals surface area contributed by atoms with Gasteiger partial charge in [0.05, 0.1) is 7.11 Å². The standard InChI is InChI=1S/C17H24N2O/c1-18(2)12-4-6-16-7-5-13-19(16)14-15-8-10-17(20-3)11-9-15/h5,7-11,13H,4,6,12,14H2,1-3H3. The Kier molecular flexibility index (Phi) is 5.24. The van der Waals surface area contributed by atoms with Crippen molar-refractivity contribution in [3.8, 4) is 5.75 Å². The molecule has 0 saturated carbocycles. The molecular formula is C17H24N2O. The van der Waals surface area contributed by atoms with E-state index >= 15 is 0 Å². The summed E-state index contributed by atoms with van der Waals surface area (Å²) in [6, 6.07) is 12.6. The Hall–Kier alpha value is -1.74. The minimum absolute atomic E-state index is 0.910. The molecule has 0 unspecified atom stereocenters. The first-order chi connectivity index (χ1) is 9.69. The molecule has 0 aliphatic heterocycles. The molecule has 1 aromatic carbocycles. The Labute approximate surface area is 121 Å². The summed E-state index contributed by atoms with van der Waals surface area (Å²) in [7, 11) is 5.94. The molecule has 0 radical (unpaired) electrons. The number of ether oxygens (including phenoxy) is 1. The van der Waals surface area contributed by atoms with E-state index in [1.54, 1.807) is 7.11 Å². The number of rotatable bonds is 7. The Morgan fingerprint density at radius 2 is 1.85 bits per heavy atom. The number of aryl methyl sites for hydroxylation is 1. The first kappa shape index (κ1) is 14.7. The van der Waals surface area contributed by atoms with Gasteiger partial charge in [-0.25, -0.2) is 0 Å². The molecular weight excluding hydrogens is 248 g/mol. The molecule has 20 heavy (non-hydrogen) atoms. The van der Waals surface area contributed by atoms with E-state index in [4.69, 9.17) is 4.74 Å². The maximum Gasteiger partial charge on any atom is 0.118 e. The van der Waals surface area contributed by atoms with Crippen molar-refractivity contribution in [3.05, 3.63) is 53.9 Å². The summed E-state index contributed by atoms with van der Waals surface area (Å²) < 4.78 is 7.52. The molecule has 3 heteroatoms. The predicted octanol–water partition coefficient (Wildman–Crippen LogP) is 3.04. The van der Waals surface area contributed by atoms with Gasteiger partial charge in [0.2, 0.25) is 0 Å². The van der Waals surface area contributed by atoms with Gasteiger partial charge < -0.3 is 14.2 Å². The summed E-state index contributed by atoms with van der Waals surface area (Å²) in [5, 5.41) is 0. The van der Waals surface area contributed by atoms with Crippen LogP contribution in [-0.2, 0) is 13.0 Å². The van der Waals surface area contributed by atoms with Crippen LogP contribution in [0.1, 0.15) is 17.7 Å². The molecule has 0 bridgehead atoms. The third-order valence-corrected chi connectivity index (χ3v) is 3.47. The van der Waals surface area contributed by atoms with Crippen LogP contribution in [0.2, 0.25) is 0 Å². The van der Waals surface area contributed by atoms with Crippen LogP contribution in [0.5, 0.6) is 5.75 Å². The van der Waals surface area contributed by atoms with Crippen LogP contribution in [0.4, 0.5) is 0 Å². The monoisotopic (exact) mass is 272 g/mol. The van der Waals surface area contributed by atoms with Crippen molar-refractivity contribution in [3.63, 3.8) is 0 Å². The zero-order valence-corrected chi connectivity index (χ0v) is 12.7. The Bertz CT molecular complexity index is 514. The highest BCUT2D eigenvalue weighted by Gasteiger charge is 2.03. The van der Waals surface area contributed by atoms with Crippen LogP contribution < -0.4 is 4.74 Å². The van der Waals surface area contributed by atoms with Crippen molar-refractivity contribution in [2.24, 2.45) is 0 Å². The third-order valence-electron chi connectivity index (χ3n) is 3.47. The lowest BCUT2D eigenvalue weighted by atomic mass is 10.2. The lowest BCUT2D eigenvalue weighted by molar-refractivity contribution is 0.398. The third kappa shape index (κ3) is 4.14. The second-order valence-corrected chi connectivity index (χ2v) is 5.38. The Morgan fingerprint density at radius 1 is 1.10 bits per heavy atom. The van der Waals surface area contributed by atoms with Gasteiger partial charge in [-0.3, -0.25) is 0 Å². The summed E-state index contributed by atoms with van der Waals surface area (Å²) in [5.74, 6) is 0.910. The molecule has 0 aliphatic carbocycles. The molecule has 2 aromatic rings. The smallest absolute Gasteiger partial charge is 0.118 e. The molecule has 0 spiro atoms. The van der Waals surface area contributed by atoms with E-state index in [0.29, 0.717) is 0 Å². The van der Waals surface area contributed by atoms with Gasteiger partial charge in [0.25, 0.3) is 0 Å². The van der Waals surface area contributed by atoms with Crippen molar-refractivity contribution in [1.82, 2.24) is 9.47 Å². The number of methoxy groups -OCH3 is 1. The van der Waals surface area contributed by atoms with Crippen LogP contribution in [0.15, 0.2) is 42.6 Å². The van der Waals surface area contributed by atoms with Gasteiger partial charge in [-0.1, -0.05) is 12.1 Å². The highest BCUT2D eigenvalue weighted by molar-refractivity contribution is 5.27. The lowest BCUT2D eigenvalue weighted by Crippen LogP contribution is -2.14. The Balaban J connectivity index is 1.96. The molecule has 0 fully saturated rings. The summed E-state index contributed by atoms with van der Waals surface area (Å²) in [6.07, 6.45) is 4.48. The fourth-order valence-corrected chi connectivity index (χ4v) is 2.33. The number of benzene rings is 1. The minimum atomic E-state index is 0.910. The zero-order chi connectivity index (χ0) is 14.4. The van der Waals surface area contributed by atoms with Crippen LogP contribution in [-0.4, -0.2) is 37.2 Å². The fraction of sp³-hybridized carbons (Fsp3) is 0.412. The molecule has 1 aromatic heterocycles. The van der Waals surface area contributed by atoms with Gasteiger partial charge in [0, 0.05) is 18.4 Å². The zero-order valence-electron chi connectivity index (χ0n) is 12.7. The van der Waals surface area contributed by atoms with E-state index in [9.17, 15) is 0 Å². The van der Waals surface area contributed by atoms with Crippen LogP contribution in [0.25, 0.3) is 0 Å². The molecule has 0 N–H and O–H groups in total.